The first-order chi connectivity index (χ1) is 9.09. The molecule has 102 valence electrons. The second-order valence-electron chi connectivity index (χ2n) is 4.69. The lowest BCUT2D eigenvalue weighted by atomic mass is 10.2. The summed E-state index contributed by atoms with van der Waals surface area (Å²) in [5.74, 6) is 0.183. The van der Waals surface area contributed by atoms with E-state index in [2.05, 4.69) is 5.32 Å². The van der Waals surface area contributed by atoms with Crippen LogP contribution in [-0.4, -0.2) is 24.9 Å². The normalized spacial score (nSPS) is 14.0. The van der Waals surface area contributed by atoms with Crippen LogP contribution in [0.2, 0.25) is 5.02 Å². The monoisotopic (exact) mass is 280 g/mol. The zero-order valence-electron chi connectivity index (χ0n) is 10.9. The molecule has 0 aromatic heterocycles. The molecule has 2 rings (SSSR count). The molecule has 1 N–H and O–H groups in total. The molecular formula is C14H17ClN2O2. The van der Waals surface area contributed by atoms with Gasteiger partial charge in [0.05, 0.1) is 10.7 Å². The molecule has 0 saturated heterocycles. The largest absolute Gasteiger partial charge is 0.354 e. The molecule has 19 heavy (non-hydrogen) atoms. The summed E-state index contributed by atoms with van der Waals surface area (Å²) in [5.41, 5.74) is 0.678. The first-order valence-corrected chi connectivity index (χ1v) is 6.77. The molecule has 0 aliphatic heterocycles. The van der Waals surface area contributed by atoms with Crippen molar-refractivity contribution in [3.05, 3.63) is 29.3 Å². The number of hydrogen-bond acceptors (Lipinski definition) is 2. The Balaban J connectivity index is 1.94. The van der Waals surface area contributed by atoms with E-state index in [1.807, 2.05) is 12.1 Å². The zero-order valence-corrected chi connectivity index (χ0v) is 11.6. The van der Waals surface area contributed by atoms with Crippen LogP contribution in [0.5, 0.6) is 0 Å². The Bertz CT molecular complexity index is 486. The lowest BCUT2D eigenvalue weighted by molar-refractivity contribution is -0.122. The van der Waals surface area contributed by atoms with E-state index in [1.165, 1.54) is 6.92 Å². The summed E-state index contributed by atoms with van der Waals surface area (Å²) in [6.45, 7) is 2.36. The number of para-hydroxylation sites is 1. The molecule has 0 heterocycles. The Morgan fingerprint density at radius 3 is 2.63 bits per heavy atom. The average Bonchev–Trinajstić information content (AvgIpc) is 3.19. The van der Waals surface area contributed by atoms with Gasteiger partial charge >= 0.3 is 0 Å². The third-order valence-electron chi connectivity index (χ3n) is 3.11. The van der Waals surface area contributed by atoms with Crippen molar-refractivity contribution in [2.75, 3.05) is 18.0 Å². The fraction of sp³-hybridized carbons (Fsp3) is 0.429. The highest BCUT2D eigenvalue weighted by Crippen LogP contribution is 2.28. The lowest BCUT2D eigenvalue weighted by Crippen LogP contribution is -2.38. The van der Waals surface area contributed by atoms with Crippen LogP contribution in [0.25, 0.3) is 0 Å². The van der Waals surface area contributed by atoms with Gasteiger partial charge in [-0.05, 0) is 25.0 Å². The average molecular weight is 281 g/mol. The number of anilines is 1. The van der Waals surface area contributed by atoms with Gasteiger partial charge in [-0.15, -0.1) is 0 Å². The maximum absolute atomic E-state index is 11.7. The summed E-state index contributed by atoms with van der Waals surface area (Å²) in [7, 11) is 0. The molecule has 0 spiro atoms. The molecule has 1 saturated carbocycles. The Hall–Kier alpha value is -1.55. The van der Waals surface area contributed by atoms with Crippen LogP contribution in [0.1, 0.15) is 19.8 Å². The predicted octanol–water partition coefficient (Wildman–Crippen LogP) is 2.22. The Labute approximate surface area is 117 Å². The molecule has 0 atom stereocenters. The third kappa shape index (κ3) is 3.70. The fourth-order valence-electron chi connectivity index (χ4n) is 1.90. The van der Waals surface area contributed by atoms with Gasteiger partial charge in [-0.1, -0.05) is 23.7 Å². The van der Waals surface area contributed by atoms with Crippen LogP contribution in [-0.2, 0) is 9.59 Å². The van der Waals surface area contributed by atoms with Crippen molar-refractivity contribution in [1.29, 1.82) is 0 Å². The van der Waals surface area contributed by atoms with E-state index in [1.54, 1.807) is 17.0 Å². The summed E-state index contributed by atoms with van der Waals surface area (Å²) in [5, 5.41) is 3.38. The molecule has 4 nitrogen and oxygen atoms in total. The smallest absolute Gasteiger partial charge is 0.223 e. The number of nitrogens with one attached hydrogen (secondary N) is 1. The SMILES string of the molecule is CC(=O)N(CCNC(=O)C1CC1)c1ccccc1Cl. The van der Waals surface area contributed by atoms with E-state index < -0.39 is 0 Å². The number of carbonyl (C=O) groups is 2. The van der Waals surface area contributed by atoms with Gasteiger partial charge in [-0.2, -0.15) is 0 Å². The molecule has 0 unspecified atom stereocenters. The summed E-state index contributed by atoms with van der Waals surface area (Å²) in [6.07, 6.45) is 1.96. The van der Waals surface area contributed by atoms with Crippen molar-refractivity contribution in [3.8, 4) is 0 Å². The van der Waals surface area contributed by atoms with E-state index in [9.17, 15) is 9.59 Å². The minimum absolute atomic E-state index is 0.0858. The van der Waals surface area contributed by atoms with Crippen molar-refractivity contribution in [2.24, 2.45) is 5.92 Å². The maximum atomic E-state index is 11.7. The first kappa shape index (κ1) is 13.9. The van der Waals surface area contributed by atoms with Gasteiger partial charge < -0.3 is 10.2 Å². The van der Waals surface area contributed by atoms with E-state index in [0.717, 1.165) is 12.8 Å². The number of hydrogen-bond donors (Lipinski definition) is 1. The van der Waals surface area contributed by atoms with Crippen molar-refractivity contribution >= 4 is 29.1 Å². The first-order valence-electron chi connectivity index (χ1n) is 6.40. The highest BCUT2D eigenvalue weighted by Gasteiger charge is 2.29. The molecule has 1 aliphatic carbocycles. The number of carbonyl (C=O) groups excluding carboxylic acids is 2. The van der Waals surface area contributed by atoms with Crippen molar-refractivity contribution in [1.82, 2.24) is 5.32 Å². The summed E-state index contributed by atoms with van der Waals surface area (Å²) >= 11 is 6.08. The van der Waals surface area contributed by atoms with Gasteiger partial charge in [0, 0.05) is 25.9 Å². The van der Waals surface area contributed by atoms with Gasteiger partial charge in [0.1, 0.15) is 0 Å². The zero-order chi connectivity index (χ0) is 13.8. The minimum atomic E-state index is -0.0891. The highest BCUT2D eigenvalue weighted by atomic mass is 35.5. The van der Waals surface area contributed by atoms with Gasteiger partial charge in [0.15, 0.2) is 0 Å². The fourth-order valence-corrected chi connectivity index (χ4v) is 2.14. The number of nitrogens with zero attached hydrogens (tertiary/aromatic N) is 1. The third-order valence-corrected chi connectivity index (χ3v) is 3.43. The summed E-state index contributed by atoms with van der Waals surface area (Å²) in [6, 6.07) is 7.20. The van der Waals surface area contributed by atoms with E-state index in [0.29, 0.717) is 23.8 Å². The summed E-state index contributed by atoms with van der Waals surface area (Å²) in [4.78, 5) is 24.8. The van der Waals surface area contributed by atoms with Gasteiger partial charge in [0.25, 0.3) is 0 Å². The van der Waals surface area contributed by atoms with Gasteiger partial charge in [-0.25, -0.2) is 0 Å². The number of rotatable bonds is 5. The highest BCUT2D eigenvalue weighted by molar-refractivity contribution is 6.33. The standard InChI is InChI=1S/C14H17ClN2O2/c1-10(18)17(13-5-3-2-4-12(13)15)9-8-16-14(19)11-6-7-11/h2-5,11H,6-9H2,1H3,(H,16,19). The van der Waals surface area contributed by atoms with Gasteiger partial charge in [0.2, 0.25) is 11.8 Å². The Morgan fingerprint density at radius 2 is 2.05 bits per heavy atom. The van der Waals surface area contributed by atoms with Crippen LogP contribution >= 0.6 is 11.6 Å². The van der Waals surface area contributed by atoms with Crippen molar-refractivity contribution < 1.29 is 9.59 Å². The van der Waals surface area contributed by atoms with Crippen LogP contribution < -0.4 is 10.2 Å². The molecule has 1 fully saturated rings. The van der Waals surface area contributed by atoms with Crippen molar-refractivity contribution in [3.63, 3.8) is 0 Å². The maximum Gasteiger partial charge on any atom is 0.223 e. The van der Waals surface area contributed by atoms with Crippen LogP contribution in [0.15, 0.2) is 24.3 Å². The quantitative estimate of drug-likeness (QED) is 0.899. The van der Waals surface area contributed by atoms with Crippen LogP contribution in [0.4, 0.5) is 5.69 Å². The molecule has 1 aromatic carbocycles. The lowest BCUT2D eigenvalue weighted by Gasteiger charge is -2.22. The summed E-state index contributed by atoms with van der Waals surface area (Å²) < 4.78 is 0. The molecule has 0 radical (unpaired) electrons. The molecule has 1 aromatic rings. The molecule has 5 heteroatoms. The molecule has 2 amide bonds. The Kier molecular flexibility index (Phi) is 4.43. The van der Waals surface area contributed by atoms with E-state index >= 15 is 0 Å². The van der Waals surface area contributed by atoms with E-state index in [-0.39, 0.29) is 17.7 Å². The molecule has 0 bridgehead atoms. The minimum Gasteiger partial charge on any atom is -0.354 e. The molecule has 1 aliphatic rings. The number of benzene rings is 1. The van der Waals surface area contributed by atoms with Crippen LogP contribution in [0, 0.1) is 5.92 Å². The molecular weight excluding hydrogens is 264 g/mol. The van der Waals surface area contributed by atoms with Crippen LogP contribution in [0.3, 0.4) is 0 Å². The number of amides is 2. The predicted molar refractivity (Wildman–Crippen MR) is 75.2 cm³/mol. The number of halogens is 1. The Morgan fingerprint density at radius 1 is 1.37 bits per heavy atom. The van der Waals surface area contributed by atoms with E-state index in [4.69, 9.17) is 11.6 Å². The second kappa shape index (κ2) is 6.06. The topological polar surface area (TPSA) is 49.4 Å². The second-order valence-corrected chi connectivity index (χ2v) is 5.09. The van der Waals surface area contributed by atoms with Crippen molar-refractivity contribution in [2.45, 2.75) is 19.8 Å². The van der Waals surface area contributed by atoms with Gasteiger partial charge in [-0.3, -0.25) is 9.59 Å².